The van der Waals surface area contributed by atoms with Gasteiger partial charge in [-0.05, 0) is 72.8 Å². The third kappa shape index (κ3) is 7.23. The molecule has 0 aliphatic rings. The third-order valence-corrected chi connectivity index (χ3v) is 7.01. The van der Waals surface area contributed by atoms with Crippen molar-refractivity contribution in [2.75, 3.05) is 23.4 Å². The molecule has 1 N–H and O–H groups in total. The van der Waals surface area contributed by atoms with Crippen LogP contribution in [0, 0.1) is 5.82 Å². The molecule has 0 aromatic heterocycles. The third-order valence-electron chi connectivity index (χ3n) is 5.13. The summed E-state index contributed by atoms with van der Waals surface area (Å²) in [5.41, 5.74) is 2.09. The Morgan fingerprint density at radius 3 is 2.21 bits per heavy atom. The molecule has 0 spiro atoms. The van der Waals surface area contributed by atoms with Crippen LogP contribution in [0.25, 0.3) is 0 Å². The summed E-state index contributed by atoms with van der Waals surface area (Å²) in [6.45, 7) is 1.80. The van der Waals surface area contributed by atoms with E-state index in [9.17, 15) is 17.6 Å². The van der Waals surface area contributed by atoms with E-state index in [1.54, 1.807) is 48.2 Å². The number of hydrogen-bond donors (Lipinski definition) is 1. The Balaban J connectivity index is 1.59. The van der Waals surface area contributed by atoms with Crippen molar-refractivity contribution in [3.05, 3.63) is 89.7 Å². The van der Waals surface area contributed by atoms with Crippen molar-refractivity contribution in [1.82, 2.24) is 5.32 Å². The minimum Gasteiger partial charge on any atom is -0.484 e. The van der Waals surface area contributed by atoms with Crippen LogP contribution in [0.2, 0.25) is 0 Å². The van der Waals surface area contributed by atoms with Crippen LogP contribution in [0.15, 0.2) is 77.7 Å². The van der Waals surface area contributed by atoms with Gasteiger partial charge in [0.15, 0.2) is 6.61 Å². The number of nitrogens with one attached hydrogen (secondary N) is 1. The molecular weight excluding hydrogens is 475 g/mol. The lowest BCUT2D eigenvalue weighted by atomic mass is 10.1. The second kappa shape index (κ2) is 11.4. The quantitative estimate of drug-likeness (QED) is 0.404. The number of carbonyl (C=O) groups is 1. The van der Waals surface area contributed by atoms with E-state index >= 15 is 0 Å². The number of carbonyl (C=O) groups excluding carboxylic acids is 1. The van der Waals surface area contributed by atoms with Gasteiger partial charge in [0, 0.05) is 4.90 Å². The normalized spacial score (nSPS) is 12.1. The highest BCUT2D eigenvalue weighted by atomic mass is 32.2. The molecule has 0 saturated heterocycles. The van der Waals surface area contributed by atoms with E-state index in [1.807, 2.05) is 37.4 Å². The number of anilines is 1. The number of nitrogens with zero attached hydrogens (tertiary/aromatic N) is 1. The zero-order valence-electron chi connectivity index (χ0n) is 19.2. The van der Waals surface area contributed by atoms with E-state index in [2.05, 4.69) is 5.32 Å². The fraction of sp³-hybridized carbons (Fsp3) is 0.240. The largest absolute Gasteiger partial charge is 0.484 e. The summed E-state index contributed by atoms with van der Waals surface area (Å²) < 4.78 is 44.6. The van der Waals surface area contributed by atoms with Gasteiger partial charge < -0.3 is 10.1 Å². The van der Waals surface area contributed by atoms with E-state index in [0.717, 1.165) is 16.7 Å². The molecule has 0 aliphatic carbocycles. The van der Waals surface area contributed by atoms with Gasteiger partial charge in [-0.3, -0.25) is 9.10 Å². The molecule has 1 unspecified atom stereocenters. The summed E-state index contributed by atoms with van der Waals surface area (Å²) in [7, 11) is -3.58. The summed E-state index contributed by atoms with van der Waals surface area (Å²) in [4.78, 5) is 13.5. The van der Waals surface area contributed by atoms with Crippen LogP contribution in [-0.2, 0) is 21.4 Å². The van der Waals surface area contributed by atoms with Crippen LogP contribution < -0.4 is 14.4 Å². The first kappa shape index (κ1) is 25.6. The van der Waals surface area contributed by atoms with Crippen LogP contribution in [-0.4, -0.2) is 33.4 Å². The molecule has 0 heterocycles. The molecule has 0 bridgehead atoms. The molecule has 6 nitrogen and oxygen atoms in total. The molecule has 34 heavy (non-hydrogen) atoms. The molecule has 9 heteroatoms. The Labute approximate surface area is 204 Å². The summed E-state index contributed by atoms with van der Waals surface area (Å²) in [5.74, 6) is -0.214. The average molecular weight is 503 g/mol. The first-order chi connectivity index (χ1) is 16.2. The van der Waals surface area contributed by atoms with Crippen LogP contribution in [0.1, 0.15) is 24.1 Å². The molecule has 3 rings (SSSR count). The predicted octanol–water partition coefficient (Wildman–Crippen LogP) is 4.77. The second-order valence-electron chi connectivity index (χ2n) is 7.74. The van der Waals surface area contributed by atoms with Crippen molar-refractivity contribution in [2.24, 2.45) is 0 Å². The lowest BCUT2D eigenvalue weighted by Crippen LogP contribution is -2.31. The Hall–Kier alpha value is -3.04. The summed E-state index contributed by atoms with van der Waals surface area (Å²) in [6, 6.07) is 19.9. The number of rotatable bonds is 10. The number of benzene rings is 3. The van der Waals surface area contributed by atoms with Gasteiger partial charge in [0.2, 0.25) is 10.0 Å². The first-order valence-electron chi connectivity index (χ1n) is 10.5. The van der Waals surface area contributed by atoms with Gasteiger partial charge in [-0.25, -0.2) is 12.8 Å². The van der Waals surface area contributed by atoms with Crippen molar-refractivity contribution in [3.8, 4) is 5.75 Å². The minimum atomic E-state index is -3.58. The second-order valence-corrected chi connectivity index (χ2v) is 10.5. The molecular formula is C25H27FN2O4S2. The lowest BCUT2D eigenvalue weighted by Gasteiger charge is -2.23. The number of halogens is 1. The smallest absolute Gasteiger partial charge is 0.258 e. The zero-order chi connectivity index (χ0) is 24.7. The van der Waals surface area contributed by atoms with E-state index in [0.29, 0.717) is 17.0 Å². The lowest BCUT2D eigenvalue weighted by molar-refractivity contribution is -0.123. The van der Waals surface area contributed by atoms with Gasteiger partial charge in [0.1, 0.15) is 11.6 Å². The van der Waals surface area contributed by atoms with E-state index < -0.39 is 10.0 Å². The number of thioether (sulfide) groups is 1. The van der Waals surface area contributed by atoms with E-state index in [-0.39, 0.29) is 30.9 Å². The number of amides is 1. The van der Waals surface area contributed by atoms with Gasteiger partial charge in [-0.1, -0.05) is 24.3 Å². The molecule has 180 valence electrons. The Kier molecular flexibility index (Phi) is 8.57. The maximum absolute atomic E-state index is 13.2. The predicted molar refractivity (Wildman–Crippen MR) is 134 cm³/mol. The van der Waals surface area contributed by atoms with Crippen molar-refractivity contribution < 1.29 is 22.3 Å². The Morgan fingerprint density at radius 1 is 1.03 bits per heavy atom. The van der Waals surface area contributed by atoms with Gasteiger partial charge in [0.05, 0.1) is 24.5 Å². The van der Waals surface area contributed by atoms with Crippen molar-refractivity contribution >= 4 is 33.4 Å². The van der Waals surface area contributed by atoms with Crippen LogP contribution in [0.4, 0.5) is 10.1 Å². The Bertz CT molecular complexity index is 1200. The molecule has 3 aromatic rings. The first-order valence-corrected chi connectivity index (χ1v) is 13.6. The number of sulfonamides is 1. The fourth-order valence-electron chi connectivity index (χ4n) is 3.27. The molecule has 1 amide bonds. The average Bonchev–Trinajstić information content (AvgIpc) is 2.82. The van der Waals surface area contributed by atoms with Gasteiger partial charge in [-0.2, -0.15) is 0 Å². The van der Waals surface area contributed by atoms with Crippen molar-refractivity contribution in [3.63, 3.8) is 0 Å². The SMILES string of the molecule is CSc1ccc(C(C)NC(=O)COc2ccc(N(Cc3ccc(F)cc3)S(C)(=O)=O)cc2)cc1. The van der Waals surface area contributed by atoms with E-state index in [4.69, 9.17) is 4.74 Å². The molecule has 0 aliphatic heterocycles. The Morgan fingerprint density at radius 2 is 1.65 bits per heavy atom. The summed E-state index contributed by atoms with van der Waals surface area (Å²) in [5, 5.41) is 2.90. The van der Waals surface area contributed by atoms with Gasteiger partial charge in [-0.15, -0.1) is 11.8 Å². The molecule has 0 saturated carbocycles. The maximum Gasteiger partial charge on any atom is 0.258 e. The highest BCUT2D eigenvalue weighted by Crippen LogP contribution is 2.24. The number of ether oxygens (including phenoxy) is 1. The standard InChI is InChI=1S/C25H27FN2O4S2/c1-18(20-6-14-24(33-2)15-7-20)27-25(29)17-32-23-12-10-22(11-13-23)28(34(3,30)31)16-19-4-8-21(26)9-5-19/h4-15,18H,16-17H2,1-3H3,(H,27,29). The maximum atomic E-state index is 13.2. The molecule has 1 atom stereocenters. The topological polar surface area (TPSA) is 75.7 Å². The fourth-order valence-corrected chi connectivity index (χ4v) is 4.57. The van der Waals surface area contributed by atoms with Crippen LogP contribution in [0.3, 0.4) is 0 Å². The van der Waals surface area contributed by atoms with E-state index in [1.165, 1.54) is 16.4 Å². The minimum absolute atomic E-state index is 0.0670. The van der Waals surface area contributed by atoms with Gasteiger partial charge in [0.25, 0.3) is 5.91 Å². The van der Waals surface area contributed by atoms with Crippen LogP contribution >= 0.6 is 11.8 Å². The highest BCUT2D eigenvalue weighted by Gasteiger charge is 2.18. The molecule has 3 aromatic carbocycles. The zero-order valence-corrected chi connectivity index (χ0v) is 20.8. The molecule has 0 radical (unpaired) electrons. The van der Waals surface area contributed by atoms with Crippen molar-refractivity contribution in [2.45, 2.75) is 24.4 Å². The van der Waals surface area contributed by atoms with Crippen molar-refractivity contribution in [1.29, 1.82) is 0 Å². The van der Waals surface area contributed by atoms with Crippen LogP contribution in [0.5, 0.6) is 5.75 Å². The van der Waals surface area contributed by atoms with Gasteiger partial charge >= 0.3 is 0 Å². The monoisotopic (exact) mass is 502 g/mol. The summed E-state index contributed by atoms with van der Waals surface area (Å²) >= 11 is 1.66. The number of hydrogen-bond acceptors (Lipinski definition) is 5. The molecule has 0 fully saturated rings. The highest BCUT2D eigenvalue weighted by molar-refractivity contribution is 7.98. The summed E-state index contributed by atoms with van der Waals surface area (Å²) in [6.07, 6.45) is 3.12.